The standard InChI is InChI=1S/C15H16N2OS/c1-17(2)13-9-7-12(8-10-13)5-3-4-6-15-16-14(18)11-19-15/h3-11,18H,1-2H3/b5-3+,6-4+. The molecule has 0 aliphatic rings. The van der Waals surface area contributed by atoms with Crippen molar-refractivity contribution in [3.8, 4) is 5.88 Å². The van der Waals surface area contributed by atoms with Crippen molar-refractivity contribution in [2.45, 2.75) is 0 Å². The van der Waals surface area contributed by atoms with Crippen LogP contribution in [0, 0.1) is 0 Å². The molecular formula is C15H16N2OS. The van der Waals surface area contributed by atoms with E-state index in [1.807, 2.05) is 38.4 Å². The number of anilines is 1. The van der Waals surface area contributed by atoms with Gasteiger partial charge >= 0.3 is 0 Å². The van der Waals surface area contributed by atoms with Crippen molar-refractivity contribution in [2.24, 2.45) is 0 Å². The molecule has 0 saturated heterocycles. The first-order valence-corrected chi connectivity index (χ1v) is 6.80. The second kappa shape index (κ2) is 6.20. The van der Waals surface area contributed by atoms with E-state index in [1.165, 1.54) is 17.0 Å². The zero-order valence-corrected chi connectivity index (χ0v) is 11.8. The number of hydrogen-bond donors (Lipinski definition) is 1. The van der Waals surface area contributed by atoms with Crippen LogP contribution in [0.3, 0.4) is 0 Å². The summed E-state index contributed by atoms with van der Waals surface area (Å²) < 4.78 is 0. The Morgan fingerprint density at radius 1 is 1.11 bits per heavy atom. The van der Waals surface area contributed by atoms with E-state index in [2.05, 4.69) is 34.1 Å². The average Bonchev–Trinajstić information content (AvgIpc) is 2.81. The van der Waals surface area contributed by atoms with Gasteiger partial charge in [-0.1, -0.05) is 30.4 Å². The van der Waals surface area contributed by atoms with E-state index in [0.29, 0.717) is 0 Å². The fourth-order valence-electron chi connectivity index (χ4n) is 1.54. The SMILES string of the molecule is CN(C)c1ccc(/C=C/C=C/c2nc(O)cs2)cc1. The largest absolute Gasteiger partial charge is 0.493 e. The van der Waals surface area contributed by atoms with Gasteiger partial charge in [0.1, 0.15) is 5.01 Å². The summed E-state index contributed by atoms with van der Waals surface area (Å²) in [5, 5.41) is 11.5. The quantitative estimate of drug-likeness (QED) is 0.863. The van der Waals surface area contributed by atoms with Crippen LogP contribution >= 0.6 is 11.3 Å². The third-order valence-corrected chi connectivity index (χ3v) is 3.36. The van der Waals surface area contributed by atoms with Gasteiger partial charge < -0.3 is 10.0 Å². The van der Waals surface area contributed by atoms with Crippen LogP contribution < -0.4 is 4.90 Å². The molecule has 1 aromatic carbocycles. The van der Waals surface area contributed by atoms with Crippen molar-refractivity contribution in [3.05, 3.63) is 52.4 Å². The predicted molar refractivity (Wildman–Crippen MR) is 82.6 cm³/mol. The smallest absolute Gasteiger partial charge is 0.222 e. The summed E-state index contributed by atoms with van der Waals surface area (Å²) in [5.74, 6) is 0.0768. The Morgan fingerprint density at radius 3 is 2.37 bits per heavy atom. The molecule has 0 fully saturated rings. The van der Waals surface area contributed by atoms with Crippen LogP contribution in [-0.2, 0) is 0 Å². The number of rotatable bonds is 4. The van der Waals surface area contributed by atoms with E-state index in [0.717, 1.165) is 10.6 Å². The zero-order chi connectivity index (χ0) is 13.7. The van der Waals surface area contributed by atoms with Crippen LogP contribution in [0.2, 0.25) is 0 Å². The van der Waals surface area contributed by atoms with Crippen molar-refractivity contribution in [2.75, 3.05) is 19.0 Å². The summed E-state index contributed by atoms with van der Waals surface area (Å²) in [5.41, 5.74) is 2.34. The number of nitrogens with zero attached hydrogens (tertiary/aromatic N) is 2. The maximum Gasteiger partial charge on any atom is 0.222 e. The molecule has 0 aliphatic heterocycles. The summed E-state index contributed by atoms with van der Waals surface area (Å²) in [6, 6.07) is 8.33. The Morgan fingerprint density at radius 2 is 1.79 bits per heavy atom. The fraction of sp³-hybridized carbons (Fsp3) is 0.133. The van der Waals surface area contributed by atoms with Gasteiger partial charge in [-0.2, -0.15) is 0 Å². The van der Waals surface area contributed by atoms with Crippen molar-refractivity contribution in [1.82, 2.24) is 4.98 Å². The molecule has 0 radical (unpaired) electrons. The Bertz CT molecular complexity index is 582. The molecule has 0 bridgehead atoms. The van der Waals surface area contributed by atoms with Crippen molar-refractivity contribution in [1.29, 1.82) is 0 Å². The molecule has 19 heavy (non-hydrogen) atoms. The highest BCUT2D eigenvalue weighted by molar-refractivity contribution is 7.10. The molecule has 1 heterocycles. The lowest BCUT2D eigenvalue weighted by Crippen LogP contribution is -2.07. The van der Waals surface area contributed by atoms with Crippen molar-refractivity contribution >= 4 is 29.2 Å². The summed E-state index contributed by atoms with van der Waals surface area (Å²) >= 11 is 1.41. The number of thiazole rings is 1. The molecular weight excluding hydrogens is 256 g/mol. The van der Waals surface area contributed by atoms with E-state index in [-0.39, 0.29) is 5.88 Å². The van der Waals surface area contributed by atoms with Crippen molar-refractivity contribution in [3.63, 3.8) is 0 Å². The highest BCUT2D eigenvalue weighted by Crippen LogP contribution is 2.16. The molecule has 1 N–H and O–H groups in total. The highest BCUT2D eigenvalue weighted by Gasteiger charge is 1.94. The lowest BCUT2D eigenvalue weighted by molar-refractivity contribution is 0.457. The summed E-state index contributed by atoms with van der Waals surface area (Å²) in [6.07, 6.45) is 7.78. The van der Waals surface area contributed by atoms with E-state index < -0.39 is 0 Å². The van der Waals surface area contributed by atoms with Gasteiger partial charge in [-0.05, 0) is 23.8 Å². The molecule has 0 aliphatic carbocycles. The molecule has 0 atom stereocenters. The lowest BCUT2D eigenvalue weighted by atomic mass is 10.2. The number of aromatic hydroxyl groups is 1. The highest BCUT2D eigenvalue weighted by atomic mass is 32.1. The van der Waals surface area contributed by atoms with E-state index in [1.54, 1.807) is 5.38 Å². The van der Waals surface area contributed by atoms with Crippen LogP contribution in [0.15, 0.2) is 41.8 Å². The van der Waals surface area contributed by atoms with Crippen LogP contribution in [-0.4, -0.2) is 24.2 Å². The van der Waals surface area contributed by atoms with Crippen LogP contribution in [0.5, 0.6) is 5.88 Å². The van der Waals surface area contributed by atoms with Gasteiger partial charge in [-0.25, -0.2) is 4.98 Å². The fourth-order valence-corrected chi connectivity index (χ4v) is 2.13. The van der Waals surface area contributed by atoms with E-state index >= 15 is 0 Å². The average molecular weight is 272 g/mol. The Labute approximate surface area is 117 Å². The minimum absolute atomic E-state index is 0.0768. The predicted octanol–water partition coefficient (Wildman–Crippen LogP) is 3.64. The second-order valence-corrected chi connectivity index (χ2v) is 5.14. The molecule has 3 nitrogen and oxygen atoms in total. The maximum absolute atomic E-state index is 9.10. The van der Waals surface area contributed by atoms with Crippen LogP contribution in [0.25, 0.3) is 12.2 Å². The molecule has 0 saturated carbocycles. The number of benzene rings is 1. The zero-order valence-electron chi connectivity index (χ0n) is 10.9. The number of hydrogen-bond acceptors (Lipinski definition) is 4. The van der Waals surface area contributed by atoms with Crippen molar-refractivity contribution < 1.29 is 5.11 Å². The first-order chi connectivity index (χ1) is 9.15. The van der Waals surface area contributed by atoms with E-state index in [4.69, 9.17) is 5.11 Å². The molecule has 0 amide bonds. The molecule has 2 aromatic rings. The van der Waals surface area contributed by atoms with Crippen LogP contribution in [0.4, 0.5) is 5.69 Å². The van der Waals surface area contributed by atoms with Crippen LogP contribution in [0.1, 0.15) is 10.6 Å². The molecule has 0 unspecified atom stereocenters. The van der Waals surface area contributed by atoms with Gasteiger partial charge in [0, 0.05) is 19.8 Å². The normalized spacial score (nSPS) is 11.5. The first kappa shape index (κ1) is 13.4. The second-order valence-electron chi connectivity index (χ2n) is 4.25. The Kier molecular flexibility index (Phi) is 4.36. The molecule has 98 valence electrons. The van der Waals surface area contributed by atoms with Gasteiger partial charge in [0.15, 0.2) is 0 Å². The molecule has 1 aromatic heterocycles. The van der Waals surface area contributed by atoms with E-state index in [9.17, 15) is 0 Å². The topological polar surface area (TPSA) is 36.4 Å². The third kappa shape index (κ3) is 3.96. The monoisotopic (exact) mass is 272 g/mol. The number of allylic oxidation sites excluding steroid dienone is 2. The minimum atomic E-state index is 0.0768. The van der Waals surface area contributed by atoms with Gasteiger partial charge in [0.2, 0.25) is 5.88 Å². The lowest BCUT2D eigenvalue weighted by Gasteiger charge is -2.11. The molecule has 2 rings (SSSR count). The first-order valence-electron chi connectivity index (χ1n) is 5.92. The summed E-state index contributed by atoms with van der Waals surface area (Å²) in [6.45, 7) is 0. The van der Waals surface area contributed by atoms with Gasteiger partial charge in [-0.15, -0.1) is 11.3 Å². The summed E-state index contributed by atoms with van der Waals surface area (Å²) in [7, 11) is 4.05. The van der Waals surface area contributed by atoms with Gasteiger partial charge in [0.05, 0.1) is 5.38 Å². The van der Waals surface area contributed by atoms with Gasteiger partial charge in [-0.3, -0.25) is 0 Å². The Hall–Kier alpha value is -2.07. The maximum atomic E-state index is 9.10. The third-order valence-electron chi connectivity index (χ3n) is 2.56. The van der Waals surface area contributed by atoms with Gasteiger partial charge in [0.25, 0.3) is 0 Å². The minimum Gasteiger partial charge on any atom is -0.493 e. The molecule has 4 heteroatoms. The summed E-state index contributed by atoms with van der Waals surface area (Å²) in [4.78, 5) is 6.01. The Balaban J connectivity index is 1.97. The number of aromatic nitrogens is 1. The molecule has 0 spiro atoms.